The SMILES string of the molecule is CC[Si](CC)(CC)OC(CNCc1ccccc1)c1ccc(Cl)nc1. The zero-order chi connectivity index (χ0) is 18.1. The number of nitrogens with one attached hydrogen (secondary N) is 1. The number of rotatable bonds is 10. The second-order valence-electron chi connectivity index (χ2n) is 6.38. The summed E-state index contributed by atoms with van der Waals surface area (Å²) in [6, 6.07) is 17.7. The van der Waals surface area contributed by atoms with Crippen LogP contribution in [-0.4, -0.2) is 19.8 Å². The molecule has 0 aliphatic rings. The molecular formula is C20H29ClN2OSi. The van der Waals surface area contributed by atoms with E-state index in [1.165, 1.54) is 5.56 Å². The summed E-state index contributed by atoms with van der Waals surface area (Å²) in [4.78, 5) is 4.25. The van der Waals surface area contributed by atoms with E-state index in [4.69, 9.17) is 16.0 Å². The predicted octanol–water partition coefficient (Wildman–Crippen LogP) is 5.59. The molecule has 0 saturated heterocycles. The molecular weight excluding hydrogens is 348 g/mol. The van der Waals surface area contributed by atoms with Gasteiger partial charge in [0.1, 0.15) is 5.15 Å². The van der Waals surface area contributed by atoms with Crippen LogP contribution in [-0.2, 0) is 11.0 Å². The van der Waals surface area contributed by atoms with E-state index in [1.807, 2.05) is 24.4 Å². The van der Waals surface area contributed by atoms with Gasteiger partial charge in [0.15, 0.2) is 8.32 Å². The van der Waals surface area contributed by atoms with Crippen LogP contribution >= 0.6 is 11.6 Å². The summed E-state index contributed by atoms with van der Waals surface area (Å²) in [5.41, 5.74) is 2.37. The summed E-state index contributed by atoms with van der Waals surface area (Å²) in [6.07, 6.45) is 1.86. The molecule has 2 aromatic rings. The van der Waals surface area contributed by atoms with Gasteiger partial charge in [-0.05, 0) is 35.3 Å². The summed E-state index contributed by atoms with van der Waals surface area (Å²) >= 11 is 5.96. The van der Waals surface area contributed by atoms with Crippen molar-refractivity contribution < 1.29 is 4.43 Å². The normalized spacial score (nSPS) is 13.0. The first-order chi connectivity index (χ1) is 12.1. The number of pyridine rings is 1. The molecule has 136 valence electrons. The third kappa shape index (κ3) is 5.92. The van der Waals surface area contributed by atoms with Crippen molar-refractivity contribution in [1.29, 1.82) is 0 Å². The molecule has 0 spiro atoms. The third-order valence-electron chi connectivity index (χ3n) is 4.95. The van der Waals surface area contributed by atoms with Gasteiger partial charge in [-0.3, -0.25) is 0 Å². The van der Waals surface area contributed by atoms with Gasteiger partial charge in [-0.2, -0.15) is 0 Å². The molecule has 0 radical (unpaired) electrons. The highest BCUT2D eigenvalue weighted by Crippen LogP contribution is 2.29. The highest BCUT2D eigenvalue weighted by atomic mass is 35.5. The van der Waals surface area contributed by atoms with E-state index in [-0.39, 0.29) is 6.10 Å². The Balaban J connectivity index is 2.09. The van der Waals surface area contributed by atoms with Gasteiger partial charge >= 0.3 is 0 Å². The van der Waals surface area contributed by atoms with Crippen LogP contribution in [0.2, 0.25) is 23.3 Å². The quantitative estimate of drug-likeness (QED) is 0.433. The number of hydrogen-bond acceptors (Lipinski definition) is 3. The minimum absolute atomic E-state index is 0.0139. The molecule has 0 bridgehead atoms. The fraction of sp³-hybridized carbons (Fsp3) is 0.450. The van der Waals surface area contributed by atoms with Crippen molar-refractivity contribution in [2.45, 2.75) is 51.6 Å². The summed E-state index contributed by atoms with van der Waals surface area (Å²) in [7, 11) is -1.71. The van der Waals surface area contributed by atoms with Gasteiger partial charge in [0, 0.05) is 19.3 Å². The molecule has 5 heteroatoms. The molecule has 1 aromatic heterocycles. The Labute approximate surface area is 157 Å². The minimum atomic E-state index is -1.71. The van der Waals surface area contributed by atoms with Crippen LogP contribution in [0.4, 0.5) is 0 Å². The van der Waals surface area contributed by atoms with E-state index < -0.39 is 8.32 Å². The molecule has 1 aromatic carbocycles. The van der Waals surface area contributed by atoms with E-state index in [2.05, 4.69) is 55.3 Å². The van der Waals surface area contributed by atoms with Crippen LogP contribution in [0.25, 0.3) is 0 Å². The average molecular weight is 377 g/mol. The maximum absolute atomic E-state index is 6.74. The van der Waals surface area contributed by atoms with Crippen molar-refractivity contribution in [2.24, 2.45) is 0 Å². The maximum Gasteiger partial charge on any atom is 0.192 e. The molecule has 25 heavy (non-hydrogen) atoms. The van der Waals surface area contributed by atoms with E-state index in [0.29, 0.717) is 5.15 Å². The summed E-state index contributed by atoms with van der Waals surface area (Å²) in [5.74, 6) is 0. The molecule has 3 nitrogen and oxygen atoms in total. The molecule has 0 aliphatic heterocycles. The van der Waals surface area contributed by atoms with Crippen molar-refractivity contribution in [2.75, 3.05) is 6.54 Å². The van der Waals surface area contributed by atoms with Crippen molar-refractivity contribution in [3.8, 4) is 0 Å². The van der Waals surface area contributed by atoms with Crippen LogP contribution in [0.5, 0.6) is 0 Å². The van der Waals surface area contributed by atoms with Gasteiger partial charge < -0.3 is 9.74 Å². The Bertz CT molecular complexity index is 609. The highest BCUT2D eigenvalue weighted by Gasteiger charge is 2.32. The van der Waals surface area contributed by atoms with Crippen molar-refractivity contribution >= 4 is 19.9 Å². The zero-order valence-corrected chi connectivity index (χ0v) is 17.2. The molecule has 1 atom stereocenters. The summed E-state index contributed by atoms with van der Waals surface area (Å²) in [6.45, 7) is 8.38. The summed E-state index contributed by atoms with van der Waals surface area (Å²) < 4.78 is 6.74. The first kappa shape index (κ1) is 20.1. The van der Waals surface area contributed by atoms with Gasteiger partial charge in [0.2, 0.25) is 0 Å². The standard InChI is InChI=1S/C20H29ClN2OSi/c1-4-25(5-2,6-3)24-19(18-12-13-20(21)23-15-18)16-22-14-17-10-8-7-9-11-17/h7-13,15,19,22H,4-6,14,16H2,1-3H3. The third-order valence-corrected chi connectivity index (χ3v) is 9.82. The molecule has 0 fully saturated rings. The minimum Gasteiger partial charge on any atom is -0.409 e. The van der Waals surface area contributed by atoms with Crippen LogP contribution in [0.3, 0.4) is 0 Å². The molecule has 1 unspecified atom stereocenters. The molecule has 2 rings (SSSR count). The molecule has 0 amide bonds. The van der Waals surface area contributed by atoms with Gasteiger partial charge in [0.05, 0.1) is 6.10 Å². The number of hydrogen-bond donors (Lipinski definition) is 1. The average Bonchev–Trinajstić information content (AvgIpc) is 2.66. The Kier molecular flexibility index (Phi) is 8.10. The van der Waals surface area contributed by atoms with E-state index in [1.54, 1.807) is 0 Å². The second kappa shape index (κ2) is 10.1. The monoisotopic (exact) mass is 376 g/mol. The van der Waals surface area contributed by atoms with Gasteiger partial charge in [0.25, 0.3) is 0 Å². The summed E-state index contributed by atoms with van der Waals surface area (Å²) in [5, 5.41) is 4.06. The number of nitrogens with zero attached hydrogens (tertiary/aromatic N) is 1. The highest BCUT2D eigenvalue weighted by molar-refractivity contribution is 6.73. The van der Waals surface area contributed by atoms with Crippen LogP contribution in [0, 0.1) is 0 Å². The largest absolute Gasteiger partial charge is 0.409 e. The van der Waals surface area contributed by atoms with E-state index in [0.717, 1.165) is 36.8 Å². The van der Waals surface area contributed by atoms with Crippen molar-refractivity contribution in [3.63, 3.8) is 0 Å². The van der Waals surface area contributed by atoms with Crippen LogP contribution in [0.1, 0.15) is 38.0 Å². The van der Waals surface area contributed by atoms with Crippen LogP contribution < -0.4 is 5.32 Å². The maximum atomic E-state index is 6.74. The molecule has 1 heterocycles. The van der Waals surface area contributed by atoms with Crippen molar-refractivity contribution in [3.05, 3.63) is 64.9 Å². The van der Waals surface area contributed by atoms with E-state index >= 15 is 0 Å². The molecule has 0 aliphatic carbocycles. The second-order valence-corrected chi connectivity index (χ2v) is 11.5. The predicted molar refractivity (Wildman–Crippen MR) is 108 cm³/mol. The van der Waals surface area contributed by atoms with Gasteiger partial charge in [-0.25, -0.2) is 4.98 Å². The Morgan fingerprint density at radius 3 is 2.28 bits per heavy atom. The first-order valence-corrected chi connectivity index (χ1v) is 12.1. The van der Waals surface area contributed by atoms with Gasteiger partial charge in [-0.1, -0.05) is 68.8 Å². The lowest BCUT2D eigenvalue weighted by atomic mass is 10.1. The Morgan fingerprint density at radius 1 is 1.04 bits per heavy atom. The number of halogens is 1. The smallest absolute Gasteiger partial charge is 0.192 e. The lowest BCUT2D eigenvalue weighted by molar-refractivity contribution is 0.185. The molecule has 0 saturated carbocycles. The fourth-order valence-electron chi connectivity index (χ4n) is 3.05. The van der Waals surface area contributed by atoms with Crippen LogP contribution in [0.15, 0.2) is 48.7 Å². The first-order valence-electron chi connectivity index (χ1n) is 9.16. The number of aromatic nitrogens is 1. The van der Waals surface area contributed by atoms with E-state index in [9.17, 15) is 0 Å². The Hall–Kier alpha value is -1.20. The number of benzene rings is 1. The lowest BCUT2D eigenvalue weighted by Crippen LogP contribution is -2.39. The lowest BCUT2D eigenvalue weighted by Gasteiger charge is -2.33. The fourth-order valence-corrected chi connectivity index (χ4v) is 5.99. The topological polar surface area (TPSA) is 34.1 Å². The molecule has 1 N–H and O–H groups in total. The van der Waals surface area contributed by atoms with Crippen molar-refractivity contribution in [1.82, 2.24) is 10.3 Å². The van der Waals surface area contributed by atoms with Gasteiger partial charge in [-0.15, -0.1) is 0 Å². The zero-order valence-electron chi connectivity index (χ0n) is 15.5. The Morgan fingerprint density at radius 2 is 1.72 bits per heavy atom.